The number of carboxylic acids is 1. The summed E-state index contributed by atoms with van der Waals surface area (Å²) >= 11 is 2.01. The molecule has 0 aromatic heterocycles. The van der Waals surface area contributed by atoms with E-state index in [9.17, 15) is 13.6 Å². The third kappa shape index (κ3) is 3.59. The lowest BCUT2D eigenvalue weighted by Gasteiger charge is -2.23. The predicted molar refractivity (Wildman–Crippen MR) is 67.4 cm³/mol. The maximum Gasteiger partial charge on any atom is 0.377 e. The SMILES string of the molecule is COCOC(c1ccc(I)cc1)C(F)(F)C(=O)O. The number of hydrogen-bond donors (Lipinski definition) is 1. The Balaban J connectivity index is 3.04. The average molecular weight is 372 g/mol. The van der Waals surface area contributed by atoms with E-state index in [0.717, 1.165) is 3.57 Å². The third-order valence-corrected chi connectivity index (χ3v) is 2.86. The zero-order chi connectivity index (χ0) is 13.8. The second kappa shape index (κ2) is 6.39. The third-order valence-electron chi connectivity index (χ3n) is 2.14. The lowest BCUT2D eigenvalue weighted by molar-refractivity contribution is -0.203. The summed E-state index contributed by atoms with van der Waals surface area (Å²) < 4.78 is 37.3. The number of ether oxygens (including phenoxy) is 2. The summed E-state index contributed by atoms with van der Waals surface area (Å²) in [5.74, 6) is -6.26. The highest BCUT2D eigenvalue weighted by atomic mass is 127. The summed E-state index contributed by atoms with van der Waals surface area (Å²) in [6.07, 6.45) is -1.88. The molecule has 4 nitrogen and oxygen atoms in total. The molecule has 18 heavy (non-hydrogen) atoms. The highest BCUT2D eigenvalue weighted by Crippen LogP contribution is 2.35. The lowest BCUT2D eigenvalue weighted by Crippen LogP contribution is -2.37. The minimum absolute atomic E-state index is 0.0832. The first-order valence-electron chi connectivity index (χ1n) is 4.86. The number of carbonyl (C=O) groups is 1. The monoisotopic (exact) mass is 372 g/mol. The summed E-state index contributed by atoms with van der Waals surface area (Å²) in [5.41, 5.74) is 0.0832. The van der Waals surface area contributed by atoms with Crippen LogP contribution in [-0.4, -0.2) is 30.9 Å². The van der Waals surface area contributed by atoms with Crippen LogP contribution in [0.2, 0.25) is 0 Å². The Morgan fingerprint density at radius 2 is 2.00 bits per heavy atom. The Morgan fingerprint density at radius 3 is 2.44 bits per heavy atom. The summed E-state index contributed by atoms with van der Waals surface area (Å²) in [6.45, 7) is -0.417. The van der Waals surface area contributed by atoms with Gasteiger partial charge in [0.25, 0.3) is 0 Å². The molecule has 0 fully saturated rings. The van der Waals surface area contributed by atoms with Gasteiger partial charge >= 0.3 is 11.9 Å². The van der Waals surface area contributed by atoms with Gasteiger partial charge in [0.2, 0.25) is 0 Å². The minimum Gasteiger partial charge on any atom is -0.477 e. The first-order chi connectivity index (χ1) is 8.39. The summed E-state index contributed by atoms with van der Waals surface area (Å²) in [4.78, 5) is 10.6. The molecule has 0 amide bonds. The molecule has 0 saturated heterocycles. The van der Waals surface area contributed by atoms with Crippen molar-refractivity contribution in [1.82, 2.24) is 0 Å². The number of benzene rings is 1. The Morgan fingerprint density at radius 1 is 1.44 bits per heavy atom. The van der Waals surface area contributed by atoms with Gasteiger partial charge in [-0.15, -0.1) is 0 Å². The van der Waals surface area contributed by atoms with E-state index in [1.165, 1.54) is 19.2 Å². The van der Waals surface area contributed by atoms with Gasteiger partial charge in [0, 0.05) is 10.7 Å². The number of rotatable bonds is 6. The van der Waals surface area contributed by atoms with Crippen molar-refractivity contribution in [2.75, 3.05) is 13.9 Å². The molecule has 0 spiro atoms. The first kappa shape index (κ1) is 15.3. The van der Waals surface area contributed by atoms with Crippen molar-refractivity contribution in [3.05, 3.63) is 33.4 Å². The van der Waals surface area contributed by atoms with Gasteiger partial charge in [-0.3, -0.25) is 0 Å². The molecular weight excluding hydrogens is 361 g/mol. The smallest absolute Gasteiger partial charge is 0.377 e. The summed E-state index contributed by atoms with van der Waals surface area (Å²) in [5, 5.41) is 8.55. The maximum absolute atomic E-state index is 13.5. The van der Waals surface area contributed by atoms with Crippen molar-refractivity contribution < 1.29 is 28.2 Å². The molecule has 100 valence electrons. The molecule has 1 rings (SSSR count). The van der Waals surface area contributed by atoms with E-state index in [4.69, 9.17) is 9.84 Å². The molecule has 1 unspecified atom stereocenters. The van der Waals surface area contributed by atoms with Gasteiger partial charge < -0.3 is 14.6 Å². The van der Waals surface area contributed by atoms with Crippen LogP contribution in [0.4, 0.5) is 8.78 Å². The second-order valence-electron chi connectivity index (χ2n) is 3.43. The minimum atomic E-state index is -4.02. The molecule has 0 heterocycles. The maximum atomic E-state index is 13.5. The standard InChI is InChI=1S/C11H11F2IO4/c1-17-6-18-9(11(12,13)10(15)16)7-2-4-8(14)5-3-7/h2-5,9H,6H2,1H3,(H,15,16). The molecular formula is C11H11F2IO4. The van der Waals surface area contributed by atoms with Crippen molar-refractivity contribution >= 4 is 28.6 Å². The lowest BCUT2D eigenvalue weighted by atomic mass is 10.0. The van der Waals surface area contributed by atoms with E-state index in [2.05, 4.69) is 4.74 Å². The van der Waals surface area contributed by atoms with Gasteiger partial charge in [0.05, 0.1) is 0 Å². The number of alkyl halides is 2. The highest BCUT2D eigenvalue weighted by Gasteiger charge is 2.49. The van der Waals surface area contributed by atoms with Crippen LogP contribution in [0.3, 0.4) is 0 Å². The van der Waals surface area contributed by atoms with Crippen LogP contribution in [-0.2, 0) is 14.3 Å². The zero-order valence-electron chi connectivity index (χ0n) is 9.40. The predicted octanol–water partition coefficient (Wildman–Crippen LogP) is 2.67. The van der Waals surface area contributed by atoms with Crippen LogP contribution in [0.25, 0.3) is 0 Å². The quantitative estimate of drug-likeness (QED) is 0.617. The average Bonchev–Trinajstić information content (AvgIpc) is 2.31. The van der Waals surface area contributed by atoms with Crippen LogP contribution >= 0.6 is 22.6 Å². The number of aliphatic carboxylic acids is 1. The normalized spacial score (nSPS) is 13.3. The summed E-state index contributed by atoms with van der Waals surface area (Å²) in [6, 6.07) is 5.99. The van der Waals surface area contributed by atoms with Crippen LogP contribution < -0.4 is 0 Å². The van der Waals surface area contributed by atoms with Gasteiger partial charge in [0.15, 0.2) is 6.10 Å². The van der Waals surface area contributed by atoms with Crippen LogP contribution in [0.1, 0.15) is 11.7 Å². The molecule has 1 N–H and O–H groups in total. The Hall–Kier alpha value is -0.800. The van der Waals surface area contributed by atoms with Crippen molar-refractivity contribution in [2.45, 2.75) is 12.0 Å². The van der Waals surface area contributed by atoms with Crippen LogP contribution in [0.15, 0.2) is 24.3 Å². The van der Waals surface area contributed by atoms with Gasteiger partial charge in [0.1, 0.15) is 6.79 Å². The van der Waals surface area contributed by atoms with Crippen molar-refractivity contribution in [3.63, 3.8) is 0 Å². The largest absolute Gasteiger partial charge is 0.477 e. The van der Waals surface area contributed by atoms with Gasteiger partial charge in [-0.25, -0.2) is 4.79 Å². The van der Waals surface area contributed by atoms with Crippen molar-refractivity contribution in [3.8, 4) is 0 Å². The topological polar surface area (TPSA) is 55.8 Å². The number of methoxy groups -OCH3 is 1. The van der Waals surface area contributed by atoms with Gasteiger partial charge in [-0.2, -0.15) is 8.78 Å². The molecule has 0 saturated carbocycles. The molecule has 0 aliphatic carbocycles. The van der Waals surface area contributed by atoms with Crippen LogP contribution in [0, 0.1) is 3.57 Å². The van der Waals surface area contributed by atoms with E-state index in [1.54, 1.807) is 12.1 Å². The summed E-state index contributed by atoms with van der Waals surface area (Å²) in [7, 11) is 1.27. The molecule has 1 aromatic carbocycles. The van der Waals surface area contributed by atoms with E-state index in [0.29, 0.717) is 0 Å². The number of halogens is 3. The molecule has 1 atom stereocenters. The molecule has 0 radical (unpaired) electrons. The second-order valence-corrected chi connectivity index (χ2v) is 4.68. The fraction of sp³-hybridized carbons (Fsp3) is 0.364. The Kier molecular flexibility index (Phi) is 5.42. The van der Waals surface area contributed by atoms with E-state index in [-0.39, 0.29) is 5.56 Å². The van der Waals surface area contributed by atoms with Gasteiger partial charge in [-0.05, 0) is 40.3 Å². The molecule has 1 aromatic rings. The zero-order valence-corrected chi connectivity index (χ0v) is 11.6. The van der Waals surface area contributed by atoms with Crippen molar-refractivity contribution in [2.24, 2.45) is 0 Å². The fourth-order valence-electron chi connectivity index (χ4n) is 1.30. The fourth-order valence-corrected chi connectivity index (χ4v) is 1.66. The van der Waals surface area contributed by atoms with Gasteiger partial charge in [-0.1, -0.05) is 12.1 Å². The first-order valence-corrected chi connectivity index (χ1v) is 5.94. The Bertz CT molecular complexity index is 408. The molecule has 0 aliphatic rings. The van der Waals surface area contributed by atoms with Crippen LogP contribution in [0.5, 0.6) is 0 Å². The highest BCUT2D eigenvalue weighted by molar-refractivity contribution is 14.1. The molecule has 7 heteroatoms. The number of carboxylic acid groups (broad SMARTS) is 1. The molecule has 0 aliphatic heterocycles. The Labute approximate surface area is 116 Å². The van der Waals surface area contributed by atoms with E-state index >= 15 is 0 Å². The van der Waals surface area contributed by atoms with Crippen molar-refractivity contribution in [1.29, 1.82) is 0 Å². The van der Waals surface area contributed by atoms with E-state index in [1.807, 2.05) is 22.6 Å². The van der Waals surface area contributed by atoms with E-state index < -0.39 is 24.8 Å². The molecule has 0 bridgehead atoms. The number of hydrogen-bond acceptors (Lipinski definition) is 3.